The zero-order valence-corrected chi connectivity index (χ0v) is 3.94. The van der Waals surface area contributed by atoms with Gasteiger partial charge >= 0.3 is 0 Å². The monoisotopic (exact) mass is 103 g/mol. The molecule has 0 unspecified atom stereocenters. The Kier molecular flexibility index (Phi) is 3350. The van der Waals surface area contributed by atoms with Crippen LogP contribution in [-0.2, 0) is 21.7 Å². The van der Waals surface area contributed by atoms with Crippen molar-refractivity contribution in [2.24, 2.45) is 0 Å². The van der Waals surface area contributed by atoms with E-state index in [1.807, 2.05) is 0 Å². The van der Waals surface area contributed by atoms with Crippen LogP contribution in [0.2, 0.25) is 0 Å². The van der Waals surface area contributed by atoms with Gasteiger partial charge in [0, 0.05) is 21.7 Å². The first kappa shape index (κ1) is 182. The Labute approximate surface area is 38.7 Å². The standard InChI is InChI=1S/FH.H3N.H2O.Ti/h1H;1H3;1H2;. The molecule has 0 radical (unpaired) electrons. The molecule has 0 heterocycles. The van der Waals surface area contributed by atoms with Crippen LogP contribution in [0.1, 0.15) is 0 Å². The number of quaternary nitrogens is 1. The fraction of sp³-hybridized carbons (Fsp3) is 0. The summed E-state index contributed by atoms with van der Waals surface area (Å²) in [7, 11) is 0. The molecule has 0 atom stereocenters. The second-order valence-electron chi connectivity index (χ2n) is 0. The maximum Gasteiger partial charge on any atom is 0 e. The quantitative estimate of drug-likeness (QED) is 0.310. The zero-order valence-electron chi connectivity index (χ0n) is 2.38. The Morgan fingerprint density at radius 3 is 1.00 bits per heavy atom. The van der Waals surface area contributed by atoms with E-state index in [4.69, 9.17) is 0 Å². The molecule has 0 aliphatic rings. The van der Waals surface area contributed by atoms with Gasteiger partial charge in [0.1, 0.15) is 0 Å². The van der Waals surface area contributed by atoms with Crippen molar-refractivity contribution in [2.45, 2.75) is 0 Å². The summed E-state index contributed by atoms with van der Waals surface area (Å²) in [6, 6.07) is 0. The molecule has 0 aromatic heterocycles. The summed E-state index contributed by atoms with van der Waals surface area (Å²) in [6.45, 7) is 0. The van der Waals surface area contributed by atoms with E-state index in [1.165, 1.54) is 0 Å². The maximum atomic E-state index is 0. The summed E-state index contributed by atoms with van der Waals surface area (Å²) in [5, 5.41) is 0. The second-order valence-corrected chi connectivity index (χ2v) is 0. The van der Waals surface area contributed by atoms with Crippen LogP contribution in [0.15, 0.2) is 0 Å². The van der Waals surface area contributed by atoms with Gasteiger partial charge in [-0.05, 0) is 0 Å². The van der Waals surface area contributed by atoms with E-state index in [0.717, 1.165) is 0 Å². The molecule has 0 aromatic rings. The maximum absolute atomic E-state index is 0. The molecule has 0 aliphatic heterocycles. The molecule has 0 amide bonds. The van der Waals surface area contributed by atoms with Gasteiger partial charge in [0.05, 0.1) is 0 Å². The fourth-order valence-corrected chi connectivity index (χ4v) is 0. The normalized spacial score (nSPS) is 0. The molecular weight excluding hydrogens is 96.9 g/mol. The van der Waals surface area contributed by atoms with Crippen LogP contribution in [0.3, 0.4) is 0 Å². The molecule has 0 aliphatic carbocycles. The summed E-state index contributed by atoms with van der Waals surface area (Å²) in [6.07, 6.45) is 0. The predicted octanol–water partition coefficient (Wildman–Crippen LogP) is -3.45. The van der Waals surface area contributed by atoms with Crippen LogP contribution in [0, 0.1) is 0 Å². The molecule has 0 fully saturated rings. The first-order valence-electron chi connectivity index (χ1n) is 0. The van der Waals surface area contributed by atoms with Crippen LogP contribution in [-0.4, -0.2) is 5.48 Å². The van der Waals surface area contributed by atoms with E-state index >= 15 is 0 Å². The molecule has 28 valence electrons. The SMILES string of the molecule is O.[F-].[NH4+].[Ti]. The van der Waals surface area contributed by atoms with Crippen LogP contribution < -0.4 is 10.9 Å². The van der Waals surface area contributed by atoms with Crippen LogP contribution in [0.25, 0.3) is 0 Å². The molecule has 6 N–H and O–H groups in total. The largest absolute Gasteiger partial charge is 1.00 e. The van der Waals surface area contributed by atoms with Gasteiger partial charge in [0.15, 0.2) is 0 Å². The molecule has 0 spiro atoms. The number of rotatable bonds is 0. The average Bonchev–Trinajstić information content (AvgIpc) is 0. The predicted molar refractivity (Wildman–Crippen MR) is 9.60 cm³/mol. The Balaban J connectivity index is 0. The third kappa shape index (κ3) is 19.7. The summed E-state index contributed by atoms with van der Waals surface area (Å²) >= 11 is 0. The van der Waals surface area contributed by atoms with E-state index < -0.39 is 0 Å². The van der Waals surface area contributed by atoms with Crippen molar-refractivity contribution < 1.29 is 31.9 Å². The molecule has 4 heteroatoms. The number of hydrogen-bond acceptors (Lipinski definition) is 0. The minimum Gasteiger partial charge on any atom is -1.00 e. The van der Waals surface area contributed by atoms with Crippen molar-refractivity contribution >= 4 is 0 Å². The fourth-order valence-electron chi connectivity index (χ4n) is 0. The van der Waals surface area contributed by atoms with Crippen molar-refractivity contribution in [1.82, 2.24) is 6.15 Å². The van der Waals surface area contributed by atoms with E-state index in [0.29, 0.717) is 0 Å². The van der Waals surface area contributed by atoms with E-state index in [9.17, 15) is 0 Å². The molecule has 2 nitrogen and oxygen atoms in total. The van der Waals surface area contributed by atoms with Crippen molar-refractivity contribution in [3.63, 3.8) is 0 Å². The van der Waals surface area contributed by atoms with Crippen molar-refractivity contribution in [2.75, 3.05) is 0 Å². The third-order valence-electron chi connectivity index (χ3n) is 0. The molecule has 0 bridgehead atoms. The van der Waals surface area contributed by atoms with Gasteiger partial charge < -0.3 is 16.3 Å². The molecule has 4 heavy (non-hydrogen) atoms. The Bertz CT molecular complexity index is 8.00. The molecular formula is H6FNOTi. The average molecular weight is 103 g/mol. The van der Waals surface area contributed by atoms with Gasteiger partial charge in [-0.1, -0.05) is 0 Å². The van der Waals surface area contributed by atoms with E-state index in [1.54, 1.807) is 0 Å². The van der Waals surface area contributed by atoms with Crippen molar-refractivity contribution in [3.8, 4) is 0 Å². The molecule has 0 saturated heterocycles. The minimum atomic E-state index is 0. The summed E-state index contributed by atoms with van der Waals surface area (Å²) < 4.78 is 0. The third-order valence-corrected chi connectivity index (χ3v) is 0. The number of halogens is 1. The Hall–Kier alpha value is 0.564. The van der Waals surface area contributed by atoms with Gasteiger partial charge in [-0.25, -0.2) is 0 Å². The van der Waals surface area contributed by atoms with Crippen LogP contribution in [0.5, 0.6) is 0 Å². The molecule has 0 saturated carbocycles. The van der Waals surface area contributed by atoms with Gasteiger partial charge in [-0.15, -0.1) is 0 Å². The van der Waals surface area contributed by atoms with Crippen LogP contribution in [0.4, 0.5) is 0 Å². The molecule has 0 rings (SSSR count). The van der Waals surface area contributed by atoms with Gasteiger partial charge in [-0.3, -0.25) is 0 Å². The number of hydrogen-bond donors (Lipinski definition) is 1. The topological polar surface area (TPSA) is 68.0 Å². The summed E-state index contributed by atoms with van der Waals surface area (Å²) in [5.41, 5.74) is 0. The van der Waals surface area contributed by atoms with E-state index in [2.05, 4.69) is 0 Å². The first-order valence-corrected chi connectivity index (χ1v) is 0. The second kappa shape index (κ2) is 73.6. The minimum absolute atomic E-state index is 0. The van der Waals surface area contributed by atoms with Crippen LogP contribution >= 0.6 is 0 Å². The molecule has 0 aromatic carbocycles. The van der Waals surface area contributed by atoms with Gasteiger partial charge in [-0.2, -0.15) is 0 Å². The first-order chi connectivity index (χ1) is 0. The summed E-state index contributed by atoms with van der Waals surface area (Å²) in [5.74, 6) is 0. The summed E-state index contributed by atoms with van der Waals surface area (Å²) in [4.78, 5) is 0. The van der Waals surface area contributed by atoms with Gasteiger partial charge in [0.25, 0.3) is 0 Å². The zero-order chi connectivity index (χ0) is 0. The van der Waals surface area contributed by atoms with Gasteiger partial charge in [0.2, 0.25) is 0 Å². The van der Waals surface area contributed by atoms with E-state index in [-0.39, 0.29) is 38.0 Å². The van der Waals surface area contributed by atoms with Crippen molar-refractivity contribution in [3.05, 3.63) is 0 Å². The Morgan fingerprint density at radius 2 is 1.00 bits per heavy atom. The smallest absolute Gasteiger partial charge is 0 e. The van der Waals surface area contributed by atoms with Crippen molar-refractivity contribution in [1.29, 1.82) is 0 Å². The Morgan fingerprint density at radius 1 is 1.00 bits per heavy atom.